The number of anilines is 2. The Morgan fingerprint density at radius 2 is 1.35 bits per heavy atom. The number of carboxylic acids is 1. The van der Waals surface area contributed by atoms with E-state index < -0.39 is 23.8 Å². The van der Waals surface area contributed by atoms with Crippen molar-refractivity contribution in [3.63, 3.8) is 0 Å². The zero-order valence-corrected chi connectivity index (χ0v) is 39.5. The van der Waals surface area contributed by atoms with Crippen LogP contribution < -0.4 is 48.1 Å². The van der Waals surface area contributed by atoms with Crippen molar-refractivity contribution in [1.82, 2.24) is 4.57 Å². The van der Waals surface area contributed by atoms with E-state index in [4.69, 9.17) is 33.2 Å². The molecular formula is C48H43N3O11S4. The zero-order valence-electron chi connectivity index (χ0n) is 36.2. The molecule has 0 saturated carbocycles. The number of ether oxygens (including phenoxy) is 7. The fraction of sp³-hybridized carbons (Fsp3) is 0.333. The molecule has 10 rings (SSSR count). The second-order valence-electron chi connectivity index (χ2n) is 16.3. The van der Waals surface area contributed by atoms with Gasteiger partial charge in [-0.25, -0.2) is 4.79 Å². The summed E-state index contributed by atoms with van der Waals surface area (Å²) < 4.78 is 43.9. The number of unbranched alkanes of at least 4 members (excludes halogenated alkanes) is 3. The van der Waals surface area contributed by atoms with Gasteiger partial charge in [0.05, 0.1) is 33.8 Å². The minimum atomic E-state index is -1.52. The molecule has 0 radical (unpaired) electrons. The smallest absolute Gasteiger partial charge is 0.349 e. The summed E-state index contributed by atoms with van der Waals surface area (Å²) in [6.45, 7) is 9.32. The molecule has 0 unspecified atom stereocenters. The summed E-state index contributed by atoms with van der Waals surface area (Å²) in [5.41, 5.74) is 4.47. The van der Waals surface area contributed by atoms with Gasteiger partial charge in [0, 0.05) is 23.3 Å². The molecule has 2 aromatic carbocycles. The van der Waals surface area contributed by atoms with Crippen molar-refractivity contribution in [2.24, 2.45) is 0 Å². The molecule has 4 aliphatic heterocycles. The number of nitrogens with zero attached hydrogens (tertiary/aromatic N) is 3. The molecule has 0 fully saturated rings. The van der Waals surface area contributed by atoms with Crippen LogP contribution in [-0.4, -0.2) is 68.3 Å². The van der Waals surface area contributed by atoms with Gasteiger partial charge in [-0.15, -0.1) is 45.3 Å². The highest BCUT2D eigenvalue weighted by molar-refractivity contribution is 7.28. The van der Waals surface area contributed by atoms with Crippen LogP contribution in [0.3, 0.4) is 0 Å². The van der Waals surface area contributed by atoms with Crippen molar-refractivity contribution in [3.8, 4) is 70.5 Å². The van der Waals surface area contributed by atoms with E-state index in [1.165, 1.54) is 64.4 Å². The van der Waals surface area contributed by atoms with Crippen molar-refractivity contribution < 1.29 is 47.9 Å². The molecule has 14 nitrogen and oxygen atoms in total. The lowest BCUT2D eigenvalue weighted by Crippen LogP contribution is -2.33. The SMILES string of the molecule is CCCCCCN1c2ccccc2C(C)(C)c2cc(-c3sc(-c4sc(-c5sc(/C=c6/s/c(=C(\C#N)C(=O)O)n(COC=O)c6=O)c6c5OCCO6)c5c4OCCO5)c4c3OCCO4)ccc21. The number of carbonyl (C=O) groups is 2. The first-order valence-electron chi connectivity index (χ1n) is 21.6. The van der Waals surface area contributed by atoms with Crippen LogP contribution in [0.2, 0.25) is 0 Å². The summed E-state index contributed by atoms with van der Waals surface area (Å²) in [5, 5.41) is 19.4. The van der Waals surface area contributed by atoms with E-state index in [2.05, 4.69) is 68.1 Å². The Bertz CT molecular complexity index is 3150. The Kier molecular flexibility index (Phi) is 11.8. The van der Waals surface area contributed by atoms with Crippen LogP contribution in [0, 0.1) is 11.3 Å². The van der Waals surface area contributed by atoms with Gasteiger partial charge in [0.1, 0.15) is 50.4 Å². The first-order chi connectivity index (χ1) is 32.1. The number of fused-ring (bicyclic) bond motifs is 5. The number of thiazole rings is 1. The van der Waals surface area contributed by atoms with Gasteiger partial charge in [-0.2, -0.15) is 5.26 Å². The summed E-state index contributed by atoms with van der Waals surface area (Å²) in [4.78, 5) is 43.8. The van der Waals surface area contributed by atoms with E-state index in [9.17, 15) is 24.8 Å². The lowest BCUT2D eigenvalue weighted by atomic mass is 9.73. The zero-order chi connectivity index (χ0) is 45.7. The number of benzene rings is 2. The second kappa shape index (κ2) is 17.9. The number of aliphatic carboxylic acids is 1. The molecular weight excluding hydrogens is 923 g/mol. The molecule has 18 heteroatoms. The number of hydrogen-bond donors (Lipinski definition) is 1. The van der Waals surface area contributed by atoms with Gasteiger partial charge in [-0.3, -0.25) is 14.2 Å². The Hall–Kier alpha value is -6.26. The first-order valence-corrected chi connectivity index (χ1v) is 24.8. The fourth-order valence-electron chi connectivity index (χ4n) is 8.85. The third-order valence-corrected chi connectivity index (χ3v) is 16.9. The summed E-state index contributed by atoms with van der Waals surface area (Å²) in [7, 11) is 0. The molecule has 0 aliphatic carbocycles. The van der Waals surface area contributed by atoms with Crippen molar-refractivity contribution in [1.29, 1.82) is 5.26 Å². The Balaban J connectivity index is 1.09. The number of aromatic nitrogens is 1. The maximum atomic E-state index is 13.7. The standard InChI is InChI=1S/C48H43N3O11S4/c1-4-5-6-9-14-50-30-11-8-7-10-28(30)48(2,3)29-21-26(12-13-31(29)50)40-36-37(60-18-17-59-36)43(65-40)44-39-38(61-19-20-62-39)42(66-44)41-35-34(57-15-16-58-35)32(63-41)22-33-45(53)51(24-56-25-52)46(64-33)27(23-49)47(54)55/h7-8,10-13,21-22,25H,4-6,9,14-20,24H2,1-3H3,(H,54,55)/b33-22+,46-27+. The van der Waals surface area contributed by atoms with E-state index in [1.54, 1.807) is 23.5 Å². The summed E-state index contributed by atoms with van der Waals surface area (Å²) in [6.07, 6.45) is 6.26. The molecule has 0 bridgehead atoms. The molecule has 0 saturated heterocycles. The number of para-hydroxylation sites is 1. The van der Waals surface area contributed by atoms with Crippen molar-refractivity contribution in [2.75, 3.05) is 51.1 Å². The first kappa shape index (κ1) is 43.6. The number of nitriles is 1. The van der Waals surface area contributed by atoms with Gasteiger partial charge >= 0.3 is 5.97 Å². The van der Waals surface area contributed by atoms with Gasteiger partial charge in [-0.05, 0) is 47.4 Å². The highest BCUT2D eigenvalue weighted by Crippen LogP contribution is 2.64. The van der Waals surface area contributed by atoms with Crippen molar-refractivity contribution in [2.45, 2.75) is 58.6 Å². The van der Waals surface area contributed by atoms with Crippen LogP contribution in [0.4, 0.5) is 11.4 Å². The molecule has 4 aromatic heterocycles. The normalized spacial score (nSPS) is 16.0. The number of rotatable bonds is 13. The average molecular weight is 966 g/mol. The van der Waals surface area contributed by atoms with Crippen LogP contribution in [0.15, 0.2) is 47.3 Å². The van der Waals surface area contributed by atoms with Crippen LogP contribution in [0.5, 0.6) is 34.5 Å². The van der Waals surface area contributed by atoms with Gasteiger partial charge in [0.15, 0.2) is 46.8 Å². The fourth-order valence-corrected chi connectivity index (χ4v) is 13.7. The van der Waals surface area contributed by atoms with E-state index in [-0.39, 0.29) is 34.3 Å². The minimum Gasteiger partial charge on any atom is -0.485 e. The topological polar surface area (TPSA) is 168 Å². The molecule has 66 heavy (non-hydrogen) atoms. The number of carboxylic acid groups (broad SMARTS) is 1. The monoisotopic (exact) mass is 965 g/mol. The molecule has 0 spiro atoms. The van der Waals surface area contributed by atoms with Gasteiger partial charge in [0.2, 0.25) is 0 Å². The molecule has 340 valence electrons. The molecule has 0 amide bonds. The van der Waals surface area contributed by atoms with Gasteiger partial charge in [0.25, 0.3) is 12.0 Å². The number of carbonyl (C=O) groups excluding carboxylic acids is 1. The second-order valence-corrected chi connectivity index (χ2v) is 20.4. The molecule has 0 atom stereocenters. The maximum absolute atomic E-state index is 13.7. The van der Waals surface area contributed by atoms with E-state index in [0.29, 0.717) is 70.7 Å². The quantitative estimate of drug-likeness (QED) is 0.0865. The van der Waals surface area contributed by atoms with Crippen molar-refractivity contribution in [3.05, 3.63) is 78.0 Å². The van der Waals surface area contributed by atoms with Gasteiger partial charge in [-0.1, -0.05) is 64.3 Å². The van der Waals surface area contributed by atoms with E-state index >= 15 is 0 Å². The Morgan fingerprint density at radius 1 is 0.773 bits per heavy atom. The van der Waals surface area contributed by atoms with Crippen LogP contribution in [0.1, 0.15) is 62.5 Å². The minimum absolute atomic E-state index is 0.0936. The van der Waals surface area contributed by atoms with E-state index in [0.717, 1.165) is 53.9 Å². The van der Waals surface area contributed by atoms with Crippen molar-refractivity contribution >= 4 is 80.8 Å². The molecule has 4 aliphatic rings. The predicted octanol–water partition coefficient (Wildman–Crippen LogP) is 8.48. The van der Waals surface area contributed by atoms with Crippen LogP contribution >= 0.6 is 45.3 Å². The summed E-state index contributed by atoms with van der Waals surface area (Å²) in [6, 6.07) is 17.2. The van der Waals surface area contributed by atoms with E-state index in [1.807, 2.05) is 0 Å². The number of hydrogen-bond acceptors (Lipinski definition) is 16. The molecule has 6 aromatic rings. The third-order valence-electron chi connectivity index (χ3n) is 11.9. The molecule has 8 heterocycles. The Morgan fingerprint density at radius 3 is 1.97 bits per heavy atom. The largest absolute Gasteiger partial charge is 0.485 e. The Labute approximate surface area is 394 Å². The highest BCUT2D eigenvalue weighted by Gasteiger charge is 2.39. The summed E-state index contributed by atoms with van der Waals surface area (Å²) >= 11 is 5.17. The lowest BCUT2D eigenvalue weighted by Gasteiger charge is -2.42. The van der Waals surface area contributed by atoms with Crippen LogP contribution in [-0.2, 0) is 26.5 Å². The molecule has 1 N–H and O–H groups in total. The van der Waals surface area contributed by atoms with Gasteiger partial charge < -0.3 is 43.2 Å². The number of thiophene rings is 3. The third kappa shape index (κ3) is 7.38. The highest BCUT2D eigenvalue weighted by atomic mass is 32.1. The maximum Gasteiger partial charge on any atom is 0.349 e. The lowest BCUT2D eigenvalue weighted by molar-refractivity contribution is -0.132. The summed E-state index contributed by atoms with van der Waals surface area (Å²) in [5.74, 6) is 1.79. The van der Waals surface area contributed by atoms with Crippen LogP contribution in [0.25, 0.3) is 41.6 Å². The predicted molar refractivity (Wildman–Crippen MR) is 254 cm³/mol. The average Bonchev–Trinajstić information content (AvgIpc) is 4.09.